The number of phosphoric ester groups is 1. The number of aliphatic hydroxyl groups excluding tert-OH is 2. The van der Waals surface area contributed by atoms with E-state index in [2.05, 4.69) is 105 Å². The Hall–Kier alpha value is -2.88. The van der Waals surface area contributed by atoms with Crippen LogP contribution >= 0.6 is 7.82 Å². The summed E-state index contributed by atoms with van der Waals surface area (Å²) < 4.78 is 33.2. The summed E-state index contributed by atoms with van der Waals surface area (Å²) >= 11 is 0. The zero-order valence-corrected chi connectivity index (χ0v) is 36.9. The summed E-state index contributed by atoms with van der Waals surface area (Å²) in [6.07, 6.45) is 56.5. The van der Waals surface area contributed by atoms with Crippen LogP contribution in [0.3, 0.4) is 0 Å². The largest absolute Gasteiger partial charge is 0.472 e. The predicted molar refractivity (Wildman–Crippen MR) is 241 cm³/mol. The third-order valence-electron chi connectivity index (χ3n) is 8.49. The SMILES string of the molecule is CC/C=C\C/C=C\C/C=C\C/C=C\C/C=C\CC(=O)OC(COCCCCCCCCCCC/C=C\C/C=C\C/C=C\C/C=C\CC)COP(=O)(O)OCC(O)CO. The van der Waals surface area contributed by atoms with Gasteiger partial charge in [-0.3, -0.25) is 13.8 Å². The number of unbranched alkanes of at least 4 members (excludes halogenated alkanes) is 9. The molecule has 330 valence electrons. The molecule has 0 amide bonds. The fourth-order valence-electron chi connectivity index (χ4n) is 5.24. The first kappa shape index (κ1) is 55.1. The normalized spacial score (nSPS) is 15.1. The second-order valence-corrected chi connectivity index (χ2v) is 15.4. The molecule has 0 spiro atoms. The molecule has 0 aromatic heterocycles. The number of allylic oxidation sites excluding steroid dienone is 17. The number of hydrogen-bond acceptors (Lipinski definition) is 8. The number of ether oxygens (including phenoxy) is 2. The zero-order valence-electron chi connectivity index (χ0n) is 36.0. The third-order valence-corrected chi connectivity index (χ3v) is 9.44. The maximum atomic E-state index is 12.5. The number of esters is 1. The van der Waals surface area contributed by atoms with Gasteiger partial charge in [-0.1, -0.05) is 168 Å². The Kier molecular flexibility index (Phi) is 41.5. The van der Waals surface area contributed by atoms with E-state index >= 15 is 0 Å². The van der Waals surface area contributed by atoms with Crippen LogP contribution in [0.15, 0.2) is 109 Å². The molecule has 0 rings (SSSR count). The summed E-state index contributed by atoms with van der Waals surface area (Å²) in [4.78, 5) is 22.5. The molecule has 0 aromatic rings. The first-order valence-electron chi connectivity index (χ1n) is 21.9. The molecule has 0 saturated carbocycles. The highest BCUT2D eigenvalue weighted by Gasteiger charge is 2.26. The lowest BCUT2D eigenvalue weighted by molar-refractivity contribution is -0.153. The molecule has 0 aliphatic heterocycles. The fourth-order valence-corrected chi connectivity index (χ4v) is 6.03. The van der Waals surface area contributed by atoms with Gasteiger partial charge in [-0.15, -0.1) is 0 Å². The Balaban J connectivity index is 4.28. The summed E-state index contributed by atoms with van der Waals surface area (Å²) in [6.45, 7) is 3.11. The molecule has 0 fully saturated rings. The van der Waals surface area contributed by atoms with Crippen LogP contribution in [0, 0.1) is 0 Å². The molecule has 0 heterocycles. The lowest BCUT2D eigenvalue weighted by atomic mass is 10.1. The van der Waals surface area contributed by atoms with E-state index in [9.17, 15) is 19.4 Å². The van der Waals surface area contributed by atoms with Gasteiger partial charge in [0.1, 0.15) is 12.2 Å². The fraction of sp³-hybridized carbons (Fsp3) is 0.604. The van der Waals surface area contributed by atoms with E-state index in [1.165, 1.54) is 38.5 Å². The summed E-state index contributed by atoms with van der Waals surface area (Å²) in [5.74, 6) is -0.516. The number of aliphatic hydroxyl groups is 2. The average Bonchev–Trinajstić information content (AvgIpc) is 3.21. The smallest absolute Gasteiger partial charge is 0.457 e. The van der Waals surface area contributed by atoms with Crippen LogP contribution in [0.25, 0.3) is 0 Å². The molecule has 0 aromatic carbocycles. The Bertz CT molecular complexity index is 1260. The highest BCUT2D eigenvalue weighted by Crippen LogP contribution is 2.43. The quantitative estimate of drug-likeness (QED) is 0.0239. The molecular formula is C48H79O9P. The van der Waals surface area contributed by atoms with Crippen LogP contribution < -0.4 is 0 Å². The maximum Gasteiger partial charge on any atom is 0.472 e. The van der Waals surface area contributed by atoms with Gasteiger partial charge >= 0.3 is 13.8 Å². The topological polar surface area (TPSA) is 132 Å². The van der Waals surface area contributed by atoms with Crippen LogP contribution in [-0.4, -0.2) is 66.3 Å². The third kappa shape index (κ3) is 42.7. The summed E-state index contributed by atoms with van der Waals surface area (Å²) in [7, 11) is -4.55. The van der Waals surface area contributed by atoms with E-state index in [0.717, 1.165) is 77.0 Å². The molecule has 0 aliphatic carbocycles. The molecule has 0 bridgehead atoms. The summed E-state index contributed by atoms with van der Waals surface area (Å²) in [5, 5.41) is 18.3. The van der Waals surface area contributed by atoms with Crippen LogP contribution in [0.2, 0.25) is 0 Å². The summed E-state index contributed by atoms with van der Waals surface area (Å²) in [5.41, 5.74) is 0. The van der Waals surface area contributed by atoms with Gasteiger partial charge in [0.05, 0.1) is 32.8 Å². The van der Waals surface area contributed by atoms with Crippen molar-refractivity contribution in [1.29, 1.82) is 0 Å². The van der Waals surface area contributed by atoms with Gasteiger partial charge in [-0.2, -0.15) is 0 Å². The monoisotopic (exact) mass is 831 g/mol. The molecule has 10 heteroatoms. The molecule has 3 N–H and O–H groups in total. The number of rotatable bonds is 40. The molecule has 3 atom stereocenters. The van der Waals surface area contributed by atoms with Gasteiger partial charge in [0.25, 0.3) is 0 Å². The van der Waals surface area contributed by atoms with Gasteiger partial charge in [-0.05, 0) is 77.0 Å². The van der Waals surface area contributed by atoms with Crippen molar-refractivity contribution in [3.8, 4) is 0 Å². The number of carbonyl (C=O) groups excluding carboxylic acids is 1. The standard InChI is InChI=1S/C48H79O9P/c1-3-5-7-9-11-13-15-17-19-20-21-22-23-24-25-27-29-31-33-35-37-39-41-54-44-47(45-56-58(52,53)55-43-46(50)42-49)57-48(51)40-38-36-34-32-30-28-26-18-16-14-12-10-8-6-4-2/h5-8,11-14,17-19,21-22,26,30,32,36,38,46-47,49-50H,3-4,9-10,15-16,20,23-25,27-29,31,33-35,37,39-45H2,1-2H3,(H,52,53)/b7-5-,8-6-,13-11-,14-12-,19-17-,22-21-,26-18-,32-30-,38-36-. The average molecular weight is 831 g/mol. The lowest BCUT2D eigenvalue weighted by Gasteiger charge is -2.20. The van der Waals surface area contributed by atoms with E-state index in [-0.39, 0.29) is 13.0 Å². The second-order valence-electron chi connectivity index (χ2n) is 14.0. The Morgan fingerprint density at radius 1 is 0.534 bits per heavy atom. The van der Waals surface area contributed by atoms with Gasteiger partial charge in [-0.25, -0.2) is 4.57 Å². The van der Waals surface area contributed by atoms with E-state index in [1.807, 2.05) is 12.2 Å². The van der Waals surface area contributed by atoms with E-state index < -0.39 is 45.8 Å². The second kappa shape index (κ2) is 43.7. The molecule has 0 radical (unpaired) electrons. The van der Waals surface area contributed by atoms with E-state index in [0.29, 0.717) is 13.0 Å². The van der Waals surface area contributed by atoms with Gasteiger partial charge in [0.2, 0.25) is 0 Å². The van der Waals surface area contributed by atoms with Crippen LogP contribution in [0.1, 0.15) is 142 Å². The maximum absolute atomic E-state index is 12.5. The van der Waals surface area contributed by atoms with E-state index in [4.69, 9.17) is 23.6 Å². The predicted octanol–water partition coefficient (Wildman–Crippen LogP) is 12.2. The highest BCUT2D eigenvalue weighted by molar-refractivity contribution is 7.47. The van der Waals surface area contributed by atoms with Crippen molar-refractivity contribution >= 4 is 13.8 Å². The van der Waals surface area contributed by atoms with Crippen molar-refractivity contribution in [1.82, 2.24) is 0 Å². The molecule has 3 unspecified atom stereocenters. The van der Waals surface area contributed by atoms with E-state index in [1.54, 1.807) is 6.08 Å². The minimum atomic E-state index is -4.55. The van der Waals surface area contributed by atoms with Gasteiger partial charge in [0.15, 0.2) is 0 Å². The van der Waals surface area contributed by atoms with Crippen molar-refractivity contribution in [2.75, 3.05) is 33.0 Å². The zero-order chi connectivity index (χ0) is 42.5. The number of carbonyl (C=O) groups is 1. The van der Waals surface area contributed by atoms with Crippen molar-refractivity contribution < 1.29 is 43.0 Å². The van der Waals surface area contributed by atoms with Gasteiger partial charge < -0.3 is 24.6 Å². The summed E-state index contributed by atoms with van der Waals surface area (Å²) in [6, 6.07) is 0. The first-order chi connectivity index (χ1) is 28.3. The Labute approximate surface area is 352 Å². The minimum absolute atomic E-state index is 0.00240. The van der Waals surface area contributed by atoms with Crippen molar-refractivity contribution in [3.63, 3.8) is 0 Å². The van der Waals surface area contributed by atoms with Crippen molar-refractivity contribution in [3.05, 3.63) is 109 Å². The van der Waals surface area contributed by atoms with Crippen molar-refractivity contribution in [2.45, 2.75) is 154 Å². The first-order valence-corrected chi connectivity index (χ1v) is 23.4. The molecule has 0 saturated heterocycles. The van der Waals surface area contributed by atoms with Crippen LogP contribution in [0.4, 0.5) is 0 Å². The Morgan fingerprint density at radius 3 is 1.40 bits per heavy atom. The Morgan fingerprint density at radius 2 is 0.931 bits per heavy atom. The van der Waals surface area contributed by atoms with Crippen molar-refractivity contribution in [2.24, 2.45) is 0 Å². The van der Waals surface area contributed by atoms with Crippen LogP contribution in [0.5, 0.6) is 0 Å². The molecule has 0 aliphatic rings. The number of phosphoric acid groups is 1. The van der Waals surface area contributed by atoms with Gasteiger partial charge in [0, 0.05) is 6.61 Å². The molecule has 9 nitrogen and oxygen atoms in total. The lowest BCUT2D eigenvalue weighted by Crippen LogP contribution is -2.28. The minimum Gasteiger partial charge on any atom is -0.457 e. The molecule has 58 heavy (non-hydrogen) atoms. The molecular weight excluding hydrogens is 751 g/mol. The highest BCUT2D eigenvalue weighted by atomic mass is 31.2. The number of hydrogen-bond donors (Lipinski definition) is 3. The van der Waals surface area contributed by atoms with Crippen LogP contribution in [-0.2, 0) is 27.9 Å².